The zero-order valence-corrected chi connectivity index (χ0v) is 17.4. The largest absolute Gasteiger partial charge is 0.472 e. The third kappa shape index (κ3) is 5.14. The lowest BCUT2D eigenvalue weighted by molar-refractivity contribution is -0.0286. The molecule has 0 aromatic rings. The Bertz CT molecular complexity index is 501. The van der Waals surface area contributed by atoms with Crippen molar-refractivity contribution in [2.24, 2.45) is 11.8 Å². The van der Waals surface area contributed by atoms with Crippen LogP contribution in [-0.4, -0.2) is 91.5 Å². The second-order valence-corrected chi connectivity index (χ2v) is 8.62. The van der Waals surface area contributed by atoms with Gasteiger partial charge in [0.1, 0.15) is 21.1 Å². The molecule has 8 nitrogen and oxygen atoms in total. The molecule has 9 atom stereocenters. The maximum atomic E-state index is 12.4. The van der Waals surface area contributed by atoms with Gasteiger partial charge in [0.15, 0.2) is 0 Å². The van der Waals surface area contributed by atoms with Crippen molar-refractivity contribution in [1.82, 2.24) is 0 Å². The van der Waals surface area contributed by atoms with Crippen LogP contribution >= 0.6 is 7.82 Å². The lowest BCUT2D eigenvalue weighted by Gasteiger charge is -2.24. The Balaban J connectivity index is 1.91. The van der Waals surface area contributed by atoms with E-state index >= 15 is 0 Å². The highest BCUT2D eigenvalue weighted by atomic mass is 31.2. The van der Waals surface area contributed by atoms with E-state index in [2.05, 4.69) is 0 Å². The monoisotopic (exact) mass is 390 g/mol. The first kappa shape index (κ1) is 22.4. The lowest BCUT2D eigenvalue weighted by atomic mass is 9.49. The van der Waals surface area contributed by atoms with Crippen LogP contribution in [0.3, 0.4) is 0 Å². The van der Waals surface area contributed by atoms with E-state index in [4.69, 9.17) is 28.0 Å². The van der Waals surface area contributed by atoms with Gasteiger partial charge in [-0.05, 0) is 0 Å². The number of phosphoric ester groups is 1. The van der Waals surface area contributed by atoms with E-state index in [1.54, 1.807) is 14.2 Å². The topological polar surface area (TPSA) is 92.7 Å². The van der Waals surface area contributed by atoms with E-state index in [-0.39, 0.29) is 42.7 Å². The summed E-state index contributed by atoms with van der Waals surface area (Å²) < 4.78 is 45.4. The molecule has 2 aliphatic heterocycles. The van der Waals surface area contributed by atoms with Gasteiger partial charge in [0, 0.05) is 32.1 Å². The summed E-state index contributed by atoms with van der Waals surface area (Å²) in [4.78, 5) is 10.2. The fraction of sp³-hybridized carbons (Fsp3) is 1.00. The van der Waals surface area contributed by atoms with Gasteiger partial charge in [-0.15, -0.1) is 0 Å². The molecule has 1 N–H and O–H groups in total. The summed E-state index contributed by atoms with van der Waals surface area (Å²) in [5.41, 5.74) is 0. The summed E-state index contributed by atoms with van der Waals surface area (Å²) in [6, 6.07) is -0.279. The van der Waals surface area contributed by atoms with Gasteiger partial charge in [0.05, 0.1) is 45.3 Å². The first-order valence-corrected chi connectivity index (χ1v) is 10.7. The molecule has 3 unspecified atom stereocenters. The molecule has 12 heteroatoms. The summed E-state index contributed by atoms with van der Waals surface area (Å²) in [5, 5.41) is 0. The second-order valence-electron chi connectivity index (χ2n) is 7.21. The van der Waals surface area contributed by atoms with Crippen LogP contribution < -0.4 is 0 Å². The van der Waals surface area contributed by atoms with Crippen LogP contribution in [0.2, 0.25) is 0 Å². The average Bonchev–Trinajstić information content (AvgIpc) is 3.04. The third-order valence-electron chi connectivity index (χ3n) is 5.44. The normalized spacial score (nSPS) is 42.7. The fourth-order valence-electron chi connectivity index (χ4n) is 3.95. The number of hydrogen-bond acceptors (Lipinski definition) is 7. The smallest absolute Gasteiger partial charge is 0.382 e. The number of ether oxygens (including phenoxy) is 4. The van der Waals surface area contributed by atoms with Gasteiger partial charge in [-0.1, -0.05) is 13.8 Å². The van der Waals surface area contributed by atoms with Crippen molar-refractivity contribution in [3.05, 3.63) is 0 Å². The van der Waals surface area contributed by atoms with Crippen LogP contribution in [0.15, 0.2) is 0 Å². The maximum absolute atomic E-state index is 12.4. The first-order chi connectivity index (χ1) is 12.2. The third-order valence-corrected chi connectivity index (χ3v) is 6.42. The molecule has 148 valence electrons. The van der Waals surface area contributed by atoms with Gasteiger partial charge >= 0.3 is 7.82 Å². The van der Waals surface area contributed by atoms with Gasteiger partial charge in [-0.2, -0.15) is 0 Å². The van der Waals surface area contributed by atoms with Crippen molar-refractivity contribution in [3.8, 4) is 0 Å². The van der Waals surface area contributed by atoms with Crippen molar-refractivity contribution in [1.29, 1.82) is 0 Å². The fourth-order valence-corrected chi connectivity index (χ4v) is 5.02. The number of hydrogen-bond donors (Lipinski definition) is 1. The zero-order chi connectivity index (χ0) is 19.5. The van der Waals surface area contributed by atoms with Gasteiger partial charge in [-0.3, -0.25) is 9.05 Å². The highest BCUT2D eigenvalue weighted by Crippen LogP contribution is 2.48. The molecule has 0 aromatic carbocycles. The van der Waals surface area contributed by atoms with E-state index in [0.717, 1.165) is 7.17 Å². The van der Waals surface area contributed by atoms with Crippen molar-refractivity contribution in [3.63, 3.8) is 0 Å². The molecule has 2 saturated heterocycles. The van der Waals surface area contributed by atoms with E-state index in [1.807, 2.05) is 29.4 Å². The van der Waals surface area contributed by atoms with Crippen LogP contribution in [0, 0.1) is 11.8 Å². The average molecular weight is 390 g/mol. The summed E-state index contributed by atoms with van der Waals surface area (Å²) in [6.07, 6.45) is -1.31. The van der Waals surface area contributed by atoms with Crippen LogP contribution in [0.25, 0.3) is 0 Å². The first-order valence-electron chi connectivity index (χ1n) is 9.22. The van der Waals surface area contributed by atoms with E-state index in [9.17, 15) is 9.46 Å². The Hall–Kier alpha value is 0.145. The van der Waals surface area contributed by atoms with Crippen LogP contribution in [0.5, 0.6) is 0 Å². The zero-order valence-electron chi connectivity index (χ0n) is 16.5. The highest BCUT2D eigenvalue weighted by Gasteiger charge is 2.46. The van der Waals surface area contributed by atoms with Gasteiger partial charge in [0.25, 0.3) is 0 Å². The minimum absolute atomic E-state index is 0.0469. The van der Waals surface area contributed by atoms with E-state index in [0.29, 0.717) is 6.61 Å². The van der Waals surface area contributed by atoms with Crippen molar-refractivity contribution in [2.75, 3.05) is 27.4 Å². The minimum Gasteiger partial charge on any atom is -0.382 e. The lowest BCUT2D eigenvalue weighted by Crippen LogP contribution is -2.32. The van der Waals surface area contributed by atoms with Crippen LogP contribution in [-0.2, 0) is 32.6 Å². The maximum Gasteiger partial charge on any atom is 0.472 e. The molecule has 0 spiro atoms. The van der Waals surface area contributed by atoms with Crippen LogP contribution in [0.1, 0.15) is 13.8 Å². The Morgan fingerprint density at radius 2 is 1.81 bits per heavy atom. The molecule has 2 heterocycles. The molecule has 0 aromatic heterocycles. The van der Waals surface area contributed by atoms with E-state index in [1.165, 1.54) is 0 Å². The molecule has 0 radical (unpaired) electrons. The molecule has 0 amide bonds. The molecular formula is C14H30B3O8P. The molecule has 0 bridgehead atoms. The minimum atomic E-state index is -4.26. The molecule has 2 aliphatic rings. The highest BCUT2D eigenvalue weighted by molar-refractivity contribution is 7.47. The Morgan fingerprint density at radius 1 is 1.12 bits per heavy atom. The van der Waals surface area contributed by atoms with Gasteiger partial charge < -0.3 is 23.8 Å². The molecule has 2 fully saturated rings. The molecule has 2 rings (SSSR count). The van der Waals surface area contributed by atoms with Gasteiger partial charge in [0.2, 0.25) is 0 Å². The summed E-state index contributed by atoms with van der Waals surface area (Å²) in [7, 11) is 3.64. The Morgan fingerprint density at radius 3 is 2.38 bits per heavy atom. The summed E-state index contributed by atoms with van der Waals surface area (Å²) >= 11 is 0. The summed E-state index contributed by atoms with van der Waals surface area (Å²) in [5.74, 6) is 0.101. The molecular weight excluding hydrogens is 360 g/mol. The Kier molecular flexibility index (Phi) is 8.25. The van der Waals surface area contributed by atoms with Crippen LogP contribution in [0.4, 0.5) is 0 Å². The SMILES string of the molecule is BB[C@@H]1O[C@H](COP(=O)(O)O[C@H]2C(C)[C@@H](COC)O[C@H]2B)C(OC)[C@@H]1C. The number of phosphoric acid groups is 1. The van der Waals surface area contributed by atoms with Gasteiger partial charge in [-0.25, -0.2) is 4.57 Å². The quantitative estimate of drug-likeness (QED) is 0.376. The second kappa shape index (κ2) is 9.57. The molecule has 0 saturated carbocycles. The number of rotatable bonds is 9. The molecule has 26 heavy (non-hydrogen) atoms. The predicted molar refractivity (Wildman–Crippen MR) is 103 cm³/mol. The van der Waals surface area contributed by atoms with Crippen molar-refractivity contribution >= 4 is 30.6 Å². The van der Waals surface area contributed by atoms with Crippen molar-refractivity contribution in [2.45, 2.75) is 50.3 Å². The molecule has 0 aliphatic carbocycles. The Labute approximate surface area is 158 Å². The van der Waals surface area contributed by atoms with Crippen molar-refractivity contribution < 1.29 is 37.5 Å². The predicted octanol–water partition coefficient (Wildman–Crippen LogP) is -1.51. The standard InChI is InChI=1S/C14H30B3O8P/c1-7-9(5-20-3)23-13(15)12(7)25-26(18,19)22-6-10-11(21-4)8(2)14(17-16)24-10/h7-14,17H,5-6,15-16H2,1-4H3,(H,18,19)/t7?,8-,9+,10+,11?,12-,13+,14+/m0/s1. The number of methoxy groups -OCH3 is 2. The van der Waals surface area contributed by atoms with E-state index < -0.39 is 20.0 Å². The summed E-state index contributed by atoms with van der Waals surface area (Å²) in [6.45, 7) is 4.30.